The molecule has 0 amide bonds. The third kappa shape index (κ3) is 2.85. The summed E-state index contributed by atoms with van der Waals surface area (Å²) < 4.78 is 25.9. The standard InChI is InChI=1S/C12H15NO3S/c1-12(2,3)17(14)13-7-9-4-5-10-11(6-9)16-8-15-10/h4-7H,8H2,1-3H3/b13-7+/t17-/m1/s1. The van der Waals surface area contributed by atoms with Gasteiger partial charge >= 0.3 is 0 Å². The molecule has 1 aliphatic rings. The van der Waals surface area contributed by atoms with Gasteiger partial charge in [-0.05, 0) is 44.5 Å². The maximum Gasteiger partial charge on any atom is 0.231 e. The molecule has 0 saturated heterocycles. The number of benzene rings is 1. The fraction of sp³-hybridized carbons (Fsp3) is 0.417. The highest BCUT2D eigenvalue weighted by molar-refractivity contribution is 7.85. The van der Waals surface area contributed by atoms with Gasteiger partial charge in [-0.1, -0.05) is 0 Å². The maximum atomic E-state index is 11.7. The fourth-order valence-corrected chi connectivity index (χ4v) is 1.79. The number of hydrogen-bond donors (Lipinski definition) is 0. The largest absolute Gasteiger partial charge is 0.454 e. The third-order valence-corrected chi connectivity index (χ3v) is 3.56. The van der Waals surface area contributed by atoms with E-state index in [1.165, 1.54) is 0 Å². The maximum absolute atomic E-state index is 11.7. The van der Waals surface area contributed by atoms with Crippen molar-refractivity contribution in [3.63, 3.8) is 0 Å². The van der Waals surface area contributed by atoms with E-state index in [1.54, 1.807) is 6.21 Å². The highest BCUT2D eigenvalue weighted by Gasteiger charge is 2.18. The van der Waals surface area contributed by atoms with E-state index >= 15 is 0 Å². The van der Waals surface area contributed by atoms with E-state index in [0.29, 0.717) is 5.75 Å². The lowest BCUT2D eigenvalue weighted by molar-refractivity contribution is 0.174. The van der Waals surface area contributed by atoms with Gasteiger partial charge in [-0.3, -0.25) is 0 Å². The van der Waals surface area contributed by atoms with E-state index in [9.17, 15) is 4.21 Å². The van der Waals surface area contributed by atoms with Gasteiger partial charge < -0.3 is 9.47 Å². The van der Waals surface area contributed by atoms with E-state index in [-0.39, 0.29) is 11.5 Å². The molecule has 1 heterocycles. The van der Waals surface area contributed by atoms with Crippen molar-refractivity contribution in [1.82, 2.24) is 0 Å². The number of rotatable bonds is 2. The van der Waals surface area contributed by atoms with Crippen molar-refractivity contribution in [3.05, 3.63) is 23.8 Å². The summed E-state index contributed by atoms with van der Waals surface area (Å²) in [5.74, 6) is 1.44. The van der Waals surface area contributed by atoms with Crippen molar-refractivity contribution in [2.45, 2.75) is 25.5 Å². The summed E-state index contributed by atoms with van der Waals surface area (Å²) in [5.41, 5.74) is 0.854. The van der Waals surface area contributed by atoms with Gasteiger partial charge in [-0.2, -0.15) is 4.40 Å². The molecule has 0 unspecified atom stereocenters. The van der Waals surface area contributed by atoms with E-state index in [4.69, 9.17) is 9.47 Å². The van der Waals surface area contributed by atoms with Crippen molar-refractivity contribution in [2.24, 2.45) is 4.40 Å². The second-order valence-electron chi connectivity index (χ2n) is 4.71. The Balaban J connectivity index is 2.14. The van der Waals surface area contributed by atoms with Crippen LogP contribution < -0.4 is 9.47 Å². The summed E-state index contributed by atoms with van der Waals surface area (Å²) in [5, 5.41) is 0. The van der Waals surface area contributed by atoms with E-state index in [0.717, 1.165) is 11.3 Å². The predicted molar refractivity (Wildman–Crippen MR) is 68.1 cm³/mol. The molecular weight excluding hydrogens is 238 g/mol. The fourth-order valence-electron chi connectivity index (χ4n) is 1.26. The van der Waals surface area contributed by atoms with Gasteiger partial charge in [0.2, 0.25) is 6.79 Å². The minimum Gasteiger partial charge on any atom is -0.454 e. The molecule has 0 saturated carbocycles. The van der Waals surface area contributed by atoms with Gasteiger partial charge in [-0.15, -0.1) is 0 Å². The molecule has 2 rings (SSSR count). The zero-order valence-corrected chi connectivity index (χ0v) is 10.9. The van der Waals surface area contributed by atoms with Crippen LogP contribution in [0.5, 0.6) is 11.5 Å². The van der Waals surface area contributed by atoms with Gasteiger partial charge in [-0.25, -0.2) is 4.21 Å². The summed E-state index contributed by atoms with van der Waals surface area (Å²) in [7, 11) is -1.24. The molecule has 0 N–H and O–H groups in total. The topological polar surface area (TPSA) is 47.9 Å². The SMILES string of the molecule is CC(C)(C)[S@@](=O)/N=C/c1ccc2c(c1)OCO2. The number of nitrogens with zero attached hydrogens (tertiary/aromatic N) is 1. The third-order valence-electron chi connectivity index (χ3n) is 2.22. The molecule has 1 aliphatic heterocycles. The summed E-state index contributed by atoms with van der Waals surface area (Å²) in [6.45, 7) is 5.92. The first-order chi connectivity index (χ1) is 7.97. The molecule has 1 aromatic rings. The Bertz CT molecular complexity index is 477. The Morgan fingerprint density at radius 1 is 1.29 bits per heavy atom. The molecule has 1 aromatic carbocycles. The van der Waals surface area contributed by atoms with Gasteiger partial charge in [0, 0.05) is 6.21 Å². The molecule has 0 spiro atoms. The zero-order valence-electron chi connectivity index (χ0n) is 10.1. The molecule has 4 nitrogen and oxygen atoms in total. The van der Waals surface area contributed by atoms with Crippen molar-refractivity contribution in [2.75, 3.05) is 6.79 Å². The molecule has 0 radical (unpaired) electrons. The number of hydrogen-bond acceptors (Lipinski definition) is 3. The van der Waals surface area contributed by atoms with Crippen molar-refractivity contribution < 1.29 is 13.7 Å². The monoisotopic (exact) mass is 253 g/mol. The second-order valence-corrected chi connectivity index (χ2v) is 6.64. The summed E-state index contributed by atoms with van der Waals surface area (Å²) >= 11 is 0. The Hall–Kier alpha value is -1.36. The van der Waals surface area contributed by atoms with Gasteiger partial charge in [0.05, 0.1) is 4.75 Å². The van der Waals surface area contributed by atoms with Gasteiger partial charge in [0.15, 0.2) is 11.5 Å². The molecular formula is C12H15NO3S. The van der Waals surface area contributed by atoms with Crippen LogP contribution >= 0.6 is 0 Å². The molecule has 0 aliphatic carbocycles. The van der Waals surface area contributed by atoms with Crippen LogP contribution in [0, 0.1) is 0 Å². The molecule has 0 bridgehead atoms. The van der Waals surface area contributed by atoms with Crippen molar-refractivity contribution >= 4 is 17.2 Å². The quantitative estimate of drug-likeness (QED) is 0.760. The molecule has 1 atom stereocenters. The average Bonchev–Trinajstić information content (AvgIpc) is 2.71. The summed E-state index contributed by atoms with van der Waals surface area (Å²) in [4.78, 5) is 0. The predicted octanol–water partition coefficient (Wildman–Crippen LogP) is 2.30. The van der Waals surface area contributed by atoms with Crippen LogP contribution in [0.1, 0.15) is 26.3 Å². The Kier molecular flexibility index (Phi) is 3.19. The number of fused-ring (bicyclic) bond motifs is 1. The molecule has 5 heteroatoms. The van der Waals surface area contributed by atoms with Crippen molar-refractivity contribution in [3.8, 4) is 11.5 Å². The first-order valence-electron chi connectivity index (χ1n) is 5.32. The lowest BCUT2D eigenvalue weighted by Crippen LogP contribution is -2.19. The lowest BCUT2D eigenvalue weighted by atomic mass is 10.2. The van der Waals surface area contributed by atoms with Crippen molar-refractivity contribution in [1.29, 1.82) is 0 Å². The Morgan fingerprint density at radius 3 is 2.71 bits per heavy atom. The van der Waals surface area contributed by atoms with E-state index < -0.39 is 11.0 Å². The average molecular weight is 253 g/mol. The normalized spacial score (nSPS) is 16.4. The van der Waals surface area contributed by atoms with Gasteiger partial charge in [0.25, 0.3) is 0 Å². The van der Waals surface area contributed by atoms with Gasteiger partial charge in [0.1, 0.15) is 11.0 Å². The van der Waals surface area contributed by atoms with Crippen LogP contribution in [0.15, 0.2) is 22.6 Å². The van der Waals surface area contributed by atoms with Crippen LogP contribution in [-0.2, 0) is 11.0 Å². The van der Waals surface area contributed by atoms with Crippen LogP contribution in [0.25, 0.3) is 0 Å². The van der Waals surface area contributed by atoms with Crippen LogP contribution in [-0.4, -0.2) is 22.0 Å². The zero-order chi connectivity index (χ0) is 12.5. The molecule has 17 heavy (non-hydrogen) atoms. The molecule has 0 fully saturated rings. The first kappa shape index (κ1) is 12.1. The van der Waals surface area contributed by atoms with E-state index in [2.05, 4.69) is 4.40 Å². The smallest absolute Gasteiger partial charge is 0.231 e. The highest BCUT2D eigenvalue weighted by atomic mass is 32.2. The number of ether oxygens (including phenoxy) is 2. The first-order valence-corrected chi connectivity index (χ1v) is 6.43. The minimum absolute atomic E-state index is 0.254. The molecule has 92 valence electrons. The van der Waals surface area contributed by atoms with Crippen LogP contribution in [0.4, 0.5) is 0 Å². The lowest BCUT2D eigenvalue weighted by Gasteiger charge is -2.12. The van der Waals surface area contributed by atoms with E-state index in [1.807, 2.05) is 39.0 Å². The Labute approximate surface area is 103 Å². The highest BCUT2D eigenvalue weighted by Crippen LogP contribution is 2.32. The second kappa shape index (κ2) is 4.49. The van der Waals surface area contributed by atoms with Crippen LogP contribution in [0.2, 0.25) is 0 Å². The minimum atomic E-state index is -1.24. The summed E-state index contributed by atoms with van der Waals surface area (Å²) in [6.07, 6.45) is 1.60. The summed E-state index contributed by atoms with van der Waals surface area (Å²) in [6, 6.07) is 5.51. The van der Waals surface area contributed by atoms with Crippen LogP contribution in [0.3, 0.4) is 0 Å². The molecule has 0 aromatic heterocycles. The Morgan fingerprint density at radius 2 is 2.00 bits per heavy atom.